The lowest BCUT2D eigenvalue weighted by atomic mass is 9.99. The Morgan fingerprint density at radius 2 is 1.48 bits per heavy atom. The number of aliphatic hydroxyl groups excluding tert-OH is 4. The summed E-state index contributed by atoms with van der Waals surface area (Å²) >= 11 is 0. The Kier molecular flexibility index (Phi) is 13.3. The Hall–Kier alpha value is -2.38. The molecule has 1 rings (SSSR count). The van der Waals surface area contributed by atoms with E-state index in [9.17, 15) is 30.0 Å². The number of esters is 1. The summed E-state index contributed by atoms with van der Waals surface area (Å²) in [5, 5.41) is 38.6. The smallest absolute Gasteiger partial charge is 0.377 e. The number of ketones is 1. The summed E-state index contributed by atoms with van der Waals surface area (Å²) in [6, 6.07) is 0. The van der Waals surface area contributed by atoms with Crippen LogP contribution in [0.15, 0.2) is 48.0 Å². The van der Waals surface area contributed by atoms with Crippen molar-refractivity contribution in [3.8, 4) is 0 Å². The number of rotatable bonds is 16. The second kappa shape index (κ2) is 15.4. The van der Waals surface area contributed by atoms with E-state index in [1.807, 2.05) is 6.08 Å². The first kappa shape index (κ1) is 26.7. The van der Waals surface area contributed by atoms with Gasteiger partial charge in [-0.1, -0.05) is 56.2 Å². The van der Waals surface area contributed by atoms with Crippen molar-refractivity contribution in [1.82, 2.24) is 0 Å². The predicted octanol–water partition coefficient (Wildman–Crippen LogP) is 4.12. The van der Waals surface area contributed by atoms with Crippen LogP contribution in [0.1, 0.15) is 71.1 Å². The standard InChI is InChI=1S/C24H36O7/c1-2-3-4-5-6-7-8-9-10-11-12-13-14-15-16-17-18(25)19(26)20(27)23-21(28)22(29)24(30)31-23/h6-7,9-10,12-13,19-20,23,26-29H,2-5,8,11,14-17H2,1H3/b7-6-,10-9-,13-12-/t19?,20-,23+/m0/s1. The molecular formula is C24H36O7. The lowest BCUT2D eigenvalue weighted by Gasteiger charge is -2.21. The molecule has 0 spiro atoms. The third-order valence-corrected chi connectivity index (χ3v) is 4.97. The van der Waals surface area contributed by atoms with Gasteiger partial charge in [0.2, 0.25) is 5.76 Å². The van der Waals surface area contributed by atoms with Gasteiger partial charge in [-0.15, -0.1) is 0 Å². The van der Waals surface area contributed by atoms with Gasteiger partial charge in [-0.3, -0.25) is 4.79 Å². The van der Waals surface area contributed by atoms with Crippen molar-refractivity contribution in [1.29, 1.82) is 0 Å². The highest BCUT2D eigenvalue weighted by Crippen LogP contribution is 2.23. The van der Waals surface area contributed by atoms with Crippen LogP contribution in [0.4, 0.5) is 0 Å². The van der Waals surface area contributed by atoms with Gasteiger partial charge in [0, 0.05) is 6.42 Å². The molecule has 7 nitrogen and oxygen atoms in total. The van der Waals surface area contributed by atoms with E-state index in [-0.39, 0.29) is 6.42 Å². The number of allylic oxidation sites excluding steroid dienone is 6. The lowest BCUT2D eigenvalue weighted by molar-refractivity contribution is -0.154. The summed E-state index contributed by atoms with van der Waals surface area (Å²) in [6.07, 6.45) is 16.4. The van der Waals surface area contributed by atoms with Crippen molar-refractivity contribution in [2.45, 2.75) is 89.4 Å². The SMILES string of the molecule is CCCCC/C=C\C/C=C\C/C=C\CCCCC(=O)C(O)[C@H](O)[C@H]1OC(=O)C(O)=C1O. The maximum atomic E-state index is 12.0. The molecule has 31 heavy (non-hydrogen) atoms. The number of carbonyl (C=O) groups excluding carboxylic acids is 2. The van der Waals surface area contributed by atoms with Crippen LogP contribution in [-0.4, -0.2) is 50.5 Å². The Bertz CT molecular complexity index is 675. The highest BCUT2D eigenvalue weighted by molar-refractivity contribution is 5.89. The Labute approximate surface area is 184 Å². The number of cyclic esters (lactones) is 1. The molecule has 0 aromatic heterocycles. The molecule has 0 aliphatic carbocycles. The highest BCUT2D eigenvalue weighted by Gasteiger charge is 2.43. The number of ether oxygens (including phenoxy) is 1. The minimum atomic E-state index is -1.83. The first-order chi connectivity index (χ1) is 14.9. The van der Waals surface area contributed by atoms with E-state index in [2.05, 4.69) is 42.0 Å². The Morgan fingerprint density at radius 1 is 0.935 bits per heavy atom. The molecule has 3 atom stereocenters. The Balaban J connectivity index is 2.13. The first-order valence-corrected chi connectivity index (χ1v) is 11.1. The molecule has 0 aromatic rings. The van der Waals surface area contributed by atoms with Crippen LogP contribution < -0.4 is 0 Å². The summed E-state index contributed by atoms with van der Waals surface area (Å²) in [4.78, 5) is 23.1. The van der Waals surface area contributed by atoms with Crippen LogP contribution in [0.3, 0.4) is 0 Å². The highest BCUT2D eigenvalue weighted by atomic mass is 16.6. The molecule has 0 aromatic carbocycles. The van der Waals surface area contributed by atoms with Crippen molar-refractivity contribution in [3.05, 3.63) is 48.0 Å². The summed E-state index contributed by atoms with van der Waals surface area (Å²) < 4.78 is 4.56. The first-order valence-electron chi connectivity index (χ1n) is 11.1. The number of hydrogen-bond donors (Lipinski definition) is 4. The fourth-order valence-electron chi connectivity index (χ4n) is 3.05. The molecule has 0 amide bonds. The number of hydrogen-bond acceptors (Lipinski definition) is 7. The molecule has 7 heteroatoms. The molecule has 1 aliphatic rings. The van der Waals surface area contributed by atoms with Crippen molar-refractivity contribution >= 4 is 11.8 Å². The summed E-state index contributed by atoms with van der Waals surface area (Å²) in [7, 11) is 0. The molecule has 0 radical (unpaired) electrons. The molecule has 0 fully saturated rings. The molecule has 0 saturated heterocycles. The normalized spacial score (nSPS) is 19.1. The van der Waals surface area contributed by atoms with Crippen molar-refractivity contribution in [2.24, 2.45) is 0 Å². The topological polar surface area (TPSA) is 124 Å². The maximum absolute atomic E-state index is 12.0. The van der Waals surface area contributed by atoms with Gasteiger partial charge in [0.15, 0.2) is 17.6 Å². The molecule has 0 saturated carbocycles. The molecule has 1 aliphatic heterocycles. The number of carbonyl (C=O) groups is 2. The number of aliphatic hydroxyl groups is 4. The quantitative estimate of drug-likeness (QED) is 0.163. The molecule has 0 bridgehead atoms. The van der Waals surface area contributed by atoms with Crippen LogP contribution >= 0.6 is 0 Å². The van der Waals surface area contributed by atoms with Crippen molar-refractivity contribution < 1.29 is 34.8 Å². The van der Waals surface area contributed by atoms with Crippen molar-refractivity contribution in [3.63, 3.8) is 0 Å². The second-order valence-corrected chi connectivity index (χ2v) is 7.59. The van der Waals surface area contributed by atoms with Gasteiger partial charge in [-0.25, -0.2) is 4.79 Å². The van der Waals surface area contributed by atoms with E-state index in [1.54, 1.807) is 0 Å². The summed E-state index contributed by atoms with van der Waals surface area (Å²) in [6.45, 7) is 2.20. The largest absolute Gasteiger partial charge is 0.505 e. The molecular weight excluding hydrogens is 400 g/mol. The fourth-order valence-corrected chi connectivity index (χ4v) is 3.05. The van der Waals surface area contributed by atoms with Crippen molar-refractivity contribution in [2.75, 3.05) is 0 Å². The lowest BCUT2D eigenvalue weighted by Crippen LogP contribution is -2.43. The van der Waals surface area contributed by atoms with Crippen LogP contribution in [0.25, 0.3) is 0 Å². The van der Waals surface area contributed by atoms with Gasteiger partial charge < -0.3 is 25.2 Å². The van der Waals surface area contributed by atoms with E-state index >= 15 is 0 Å². The summed E-state index contributed by atoms with van der Waals surface area (Å²) in [5.74, 6) is -3.73. The fraction of sp³-hybridized carbons (Fsp3) is 0.583. The average Bonchev–Trinajstić information content (AvgIpc) is 3.02. The Morgan fingerprint density at radius 3 is 2.00 bits per heavy atom. The second-order valence-electron chi connectivity index (χ2n) is 7.59. The maximum Gasteiger partial charge on any atom is 0.377 e. The van der Waals surface area contributed by atoms with E-state index in [4.69, 9.17) is 0 Å². The third-order valence-electron chi connectivity index (χ3n) is 4.97. The van der Waals surface area contributed by atoms with Crippen LogP contribution in [-0.2, 0) is 14.3 Å². The summed E-state index contributed by atoms with van der Waals surface area (Å²) in [5.41, 5.74) is 0. The number of Topliss-reactive ketones (excluding diaryl/α,β-unsaturated/α-hetero) is 1. The number of unbranched alkanes of at least 4 members (excludes halogenated alkanes) is 5. The minimum Gasteiger partial charge on any atom is -0.505 e. The van der Waals surface area contributed by atoms with E-state index in [1.165, 1.54) is 19.3 Å². The van der Waals surface area contributed by atoms with Gasteiger partial charge >= 0.3 is 5.97 Å². The van der Waals surface area contributed by atoms with E-state index < -0.39 is 41.6 Å². The van der Waals surface area contributed by atoms with Gasteiger partial charge in [-0.2, -0.15) is 0 Å². The van der Waals surface area contributed by atoms with Gasteiger partial charge in [0.05, 0.1) is 0 Å². The molecule has 174 valence electrons. The van der Waals surface area contributed by atoms with Crippen LogP contribution in [0.5, 0.6) is 0 Å². The van der Waals surface area contributed by atoms with Crippen LogP contribution in [0, 0.1) is 0 Å². The molecule has 1 unspecified atom stereocenters. The zero-order valence-electron chi connectivity index (χ0n) is 18.3. The zero-order chi connectivity index (χ0) is 23.1. The predicted molar refractivity (Wildman–Crippen MR) is 118 cm³/mol. The van der Waals surface area contributed by atoms with E-state index in [0.29, 0.717) is 6.42 Å². The van der Waals surface area contributed by atoms with Gasteiger partial charge in [0.1, 0.15) is 12.2 Å². The molecule has 4 N–H and O–H groups in total. The van der Waals surface area contributed by atoms with Gasteiger partial charge in [-0.05, 0) is 44.9 Å². The molecule has 1 heterocycles. The van der Waals surface area contributed by atoms with Gasteiger partial charge in [0.25, 0.3) is 0 Å². The minimum absolute atomic E-state index is 0.0493. The van der Waals surface area contributed by atoms with E-state index in [0.717, 1.165) is 32.1 Å². The van der Waals surface area contributed by atoms with Crippen LogP contribution in [0.2, 0.25) is 0 Å². The third kappa shape index (κ3) is 9.98. The zero-order valence-corrected chi connectivity index (χ0v) is 18.3. The monoisotopic (exact) mass is 436 g/mol. The average molecular weight is 437 g/mol.